The van der Waals surface area contributed by atoms with Gasteiger partial charge in [0, 0.05) is 29.6 Å². The summed E-state index contributed by atoms with van der Waals surface area (Å²) in [5.41, 5.74) is 8.90. The van der Waals surface area contributed by atoms with Crippen molar-refractivity contribution >= 4 is 5.82 Å². The van der Waals surface area contributed by atoms with Gasteiger partial charge in [-0.3, -0.25) is 4.68 Å². The van der Waals surface area contributed by atoms with E-state index in [0.29, 0.717) is 23.1 Å². The zero-order chi connectivity index (χ0) is 22.1. The fourth-order valence-corrected chi connectivity index (χ4v) is 3.89. The van der Waals surface area contributed by atoms with Crippen LogP contribution in [-0.4, -0.2) is 55.2 Å². The maximum absolute atomic E-state index is 14.2. The van der Waals surface area contributed by atoms with Crippen molar-refractivity contribution < 1.29 is 9.13 Å². The monoisotopic (exact) mass is 435 g/mol. The molecule has 1 aliphatic rings. The molecule has 1 aliphatic heterocycles. The zero-order valence-electron chi connectivity index (χ0n) is 17.4. The number of nitrogen functional groups attached to an aromatic ring is 1. The standard InChI is InChI=1S/C21H22FN9O/c1-32-19-3-2-16(9-18(19)22)31-21(27-28-29-31)17-8-13(10-25-20(17)23)14-11-26-30(12-14)15-4-6-24-7-5-15/h2-3,8-12,15,24H,4-7H2,1H3,(H2,23,25). The first-order valence-electron chi connectivity index (χ1n) is 10.3. The van der Waals surface area contributed by atoms with Crippen LogP contribution in [0.3, 0.4) is 0 Å². The molecule has 3 N–H and O–H groups in total. The number of benzene rings is 1. The molecule has 164 valence electrons. The summed E-state index contributed by atoms with van der Waals surface area (Å²) in [7, 11) is 1.41. The number of piperidine rings is 1. The van der Waals surface area contributed by atoms with Crippen LogP contribution >= 0.6 is 0 Å². The maximum Gasteiger partial charge on any atom is 0.190 e. The van der Waals surface area contributed by atoms with Gasteiger partial charge in [-0.1, -0.05) is 0 Å². The molecule has 0 saturated carbocycles. The Kier molecular flexibility index (Phi) is 5.23. The van der Waals surface area contributed by atoms with Gasteiger partial charge in [-0.2, -0.15) is 9.78 Å². The number of pyridine rings is 1. The van der Waals surface area contributed by atoms with Gasteiger partial charge >= 0.3 is 0 Å². The lowest BCUT2D eigenvalue weighted by molar-refractivity contribution is 0.343. The van der Waals surface area contributed by atoms with Crippen LogP contribution in [-0.2, 0) is 0 Å². The highest BCUT2D eigenvalue weighted by Gasteiger charge is 2.19. The normalized spacial score (nSPS) is 14.6. The average Bonchev–Trinajstić information content (AvgIpc) is 3.50. The number of nitrogens with two attached hydrogens (primary N) is 1. The topological polar surface area (TPSA) is 122 Å². The summed E-state index contributed by atoms with van der Waals surface area (Å²) in [6.07, 6.45) is 7.62. The van der Waals surface area contributed by atoms with Crippen LogP contribution < -0.4 is 15.8 Å². The Balaban J connectivity index is 1.50. The first-order chi connectivity index (χ1) is 15.6. The van der Waals surface area contributed by atoms with Gasteiger partial charge in [0.15, 0.2) is 17.4 Å². The van der Waals surface area contributed by atoms with Gasteiger partial charge in [0.1, 0.15) is 5.82 Å². The van der Waals surface area contributed by atoms with Crippen LogP contribution in [0.25, 0.3) is 28.2 Å². The van der Waals surface area contributed by atoms with Crippen molar-refractivity contribution in [2.45, 2.75) is 18.9 Å². The fraction of sp³-hybridized carbons (Fsp3) is 0.286. The molecule has 1 fully saturated rings. The summed E-state index contributed by atoms with van der Waals surface area (Å²) >= 11 is 0. The summed E-state index contributed by atoms with van der Waals surface area (Å²) in [5.74, 6) is 0.241. The number of anilines is 1. The van der Waals surface area contributed by atoms with Gasteiger partial charge in [-0.25, -0.2) is 9.37 Å². The molecule has 4 heterocycles. The van der Waals surface area contributed by atoms with Gasteiger partial charge in [0.25, 0.3) is 0 Å². The molecular weight excluding hydrogens is 413 g/mol. The van der Waals surface area contributed by atoms with Gasteiger partial charge in [-0.15, -0.1) is 5.10 Å². The molecule has 1 saturated heterocycles. The van der Waals surface area contributed by atoms with Crippen molar-refractivity contribution in [1.82, 2.24) is 40.3 Å². The van der Waals surface area contributed by atoms with Crippen molar-refractivity contribution in [3.05, 3.63) is 48.7 Å². The summed E-state index contributed by atoms with van der Waals surface area (Å²) < 4.78 is 22.6. The van der Waals surface area contributed by atoms with Crippen molar-refractivity contribution in [3.8, 4) is 34.0 Å². The first kappa shape index (κ1) is 20.1. The van der Waals surface area contributed by atoms with Crippen LogP contribution in [0.4, 0.5) is 10.2 Å². The first-order valence-corrected chi connectivity index (χ1v) is 10.3. The summed E-state index contributed by atoms with van der Waals surface area (Å²) in [5, 5.41) is 19.8. The van der Waals surface area contributed by atoms with E-state index in [-0.39, 0.29) is 11.6 Å². The maximum atomic E-state index is 14.2. The van der Waals surface area contributed by atoms with E-state index in [0.717, 1.165) is 37.1 Å². The third-order valence-electron chi connectivity index (χ3n) is 5.63. The quantitative estimate of drug-likeness (QED) is 0.490. The van der Waals surface area contributed by atoms with E-state index in [1.807, 2.05) is 23.1 Å². The highest BCUT2D eigenvalue weighted by atomic mass is 19.1. The van der Waals surface area contributed by atoms with Crippen LogP contribution in [0.15, 0.2) is 42.9 Å². The lowest BCUT2D eigenvalue weighted by Gasteiger charge is -2.22. The largest absolute Gasteiger partial charge is 0.494 e. The number of nitrogens with zero attached hydrogens (tertiary/aromatic N) is 7. The third kappa shape index (κ3) is 3.66. The Labute approximate surface area is 183 Å². The number of tetrazole rings is 1. The van der Waals surface area contributed by atoms with Crippen LogP contribution in [0.2, 0.25) is 0 Å². The van der Waals surface area contributed by atoms with Crippen molar-refractivity contribution in [2.24, 2.45) is 0 Å². The summed E-state index contributed by atoms with van der Waals surface area (Å²) in [4.78, 5) is 4.34. The second kappa shape index (κ2) is 8.35. The Bertz CT molecular complexity index is 1250. The second-order valence-corrected chi connectivity index (χ2v) is 7.58. The molecule has 0 radical (unpaired) electrons. The van der Waals surface area contributed by atoms with Gasteiger partial charge in [-0.05, 0) is 54.6 Å². The third-order valence-corrected chi connectivity index (χ3v) is 5.63. The molecule has 1 aromatic carbocycles. The van der Waals surface area contributed by atoms with Crippen molar-refractivity contribution in [2.75, 3.05) is 25.9 Å². The molecule has 3 aromatic heterocycles. The molecule has 0 amide bonds. The Hall–Kier alpha value is -3.86. The van der Waals surface area contributed by atoms with Crippen molar-refractivity contribution in [3.63, 3.8) is 0 Å². The zero-order valence-corrected chi connectivity index (χ0v) is 17.4. The summed E-state index contributed by atoms with van der Waals surface area (Å²) in [6, 6.07) is 6.73. The SMILES string of the molecule is COc1ccc(-n2nnnc2-c2cc(-c3cnn(C4CCNCC4)c3)cnc2N)cc1F. The second-order valence-electron chi connectivity index (χ2n) is 7.58. The number of methoxy groups -OCH3 is 1. The molecule has 10 nitrogen and oxygen atoms in total. The minimum atomic E-state index is -0.517. The fourth-order valence-electron chi connectivity index (χ4n) is 3.89. The van der Waals surface area contributed by atoms with E-state index in [2.05, 4.69) is 30.9 Å². The lowest BCUT2D eigenvalue weighted by atomic mass is 10.1. The molecule has 0 atom stereocenters. The van der Waals surface area contributed by atoms with E-state index in [9.17, 15) is 4.39 Å². The number of aromatic nitrogens is 7. The number of rotatable bonds is 5. The number of halogens is 1. The molecule has 5 rings (SSSR count). The number of hydrogen-bond acceptors (Lipinski definition) is 8. The van der Waals surface area contributed by atoms with E-state index < -0.39 is 5.82 Å². The smallest absolute Gasteiger partial charge is 0.190 e. The Morgan fingerprint density at radius 3 is 2.78 bits per heavy atom. The molecule has 0 spiro atoms. The van der Waals surface area contributed by atoms with Crippen LogP contribution in [0, 0.1) is 5.82 Å². The van der Waals surface area contributed by atoms with E-state index >= 15 is 0 Å². The Morgan fingerprint density at radius 1 is 1.16 bits per heavy atom. The Morgan fingerprint density at radius 2 is 2.00 bits per heavy atom. The molecule has 0 bridgehead atoms. The molecule has 32 heavy (non-hydrogen) atoms. The van der Waals surface area contributed by atoms with Crippen molar-refractivity contribution in [1.29, 1.82) is 0 Å². The molecule has 4 aromatic rings. The predicted octanol–water partition coefficient (Wildman–Crippen LogP) is 2.24. The van der Waals surface area contributed by atoms with Gasteiger partial charge < -0.3 is 15.8 Å². The van der Waals surface area contributed by atoms with E-state index in [4.69, 9.17) is 10.5 Å². The summed E-state index contributed by atoms with van der Waals surface area (Å²) in [6.45, 7) is 1.98. The van der Waals surface area contributed by atoms with Gasteiger partial charge in [0.05, 0.1) is 30.6 Å². The highest BCUT2D eigenvalue weighted by Crippen LogP contribution is 2.30. The molecule has 11 heteroatoms. The van der Waals surface area contributed by atoms with Crippen LogP contribution in [0.5, 0.6) is 5.75 Å². The number of nitrogens with one attached hydrogen (secondary N) is 1. The molecule has 0 aliphatic carbocycles. The lowest BCUT2D eigenvalue weighted by Crippen LogP contribution is -2.29. The van der Waals surface area contributed by atoms with Gasteiger partial charge in [0.2, 0.25) is 0 Å². The van der Waals surface area contributed by atoms with E-state index in [1.54, 1.807) is 12.3 Å². The van der Waals surface area contributed by atoms with E-state index in [1.165, 1.54) is 23.9 Å². The molecule has 0 unspecified atom stereocenters. The minimum Gasteiger partial charge on any atom is -0.494 e. The number of hydrogen-bond donors (Lipinski definition) is 2. The minimum absolute atomic E-state index is 0.136. The average molecular weight is 435 g/mol. The number of ether oxygens (including phenoxy) is 1. The highest BCUT2D eigenvalue weighted by molar-refractivity contribution is 5.76. The van der Waals surface area contributed by atoms with Crippen LogP contribution in [0.1, 0.15) is 18.9 Å². The molecular formula is C21H22FN9O. The predicted molar refractivity (Wildman–Crippen MR) is 116 cm³/mol.